The average molecular weight is 419 g/mol. The molecule has 0 aliphatic carbocycles. The number of nitrogens with zero attached hydrogens (tertiary/aromatic N) is 3. The molecular formula is C21H20F3N3O3. The first-order valence-electron chi connectivity index (χ1n) is 9.26. The van der Waals surface area contributed by atoms with Gasteiger partial charge in [0.15, 0.2) is 5.82 Å². The molecule has 3 rings (SSSR count). The Morgan fingerprint density at radius 2 is 1.83 bits per heavy atom. The fraction of sp³-hybridized carbons (Fsp3) is 0.286. The van der Waals surface area contributed by atoms with Crippen LogP contribution in [0, 0.1) is 6.92 Å². The molecule has 0 N–H and O–H groups in total. The van der Waals surface area contributed by atoms with Crippen LogP contribution in [0.1, 0.15) is 28.4 Å². The highest BCUT2D eigenvalue weighted by molar-refractivity contribution is 5.97. The van der Waals surface area contributed by atoms with Gasteiger partial charge in [-0.25, -0.2) is 0 Å². The lowest BCUT2D eigenvalue weighted by molar-refractivity contribution is -0.137. The van der Waals surface area contributed by atoms with E-state index in [1.807, 2.05) is 26.0 Å². The molecule has 1 aromatic heterocycles. The van der Waals surface area contributed by atoms with Crippen molar-refractivity contribution in [1.82, 2.24) is 14.8 Å². The van der Waals surface area contributed by atoms with E-state index in [1.54, 1.807) is 12.1 Å². The molecule has 0 saturated heterocycles. The maximum atomic E-state index is 13.0. The third kappa shape index (κ3) is 5.04. The van der Waals surface area contributed by atoms with Crippen LogP contribution < -0.4 is 4.74 Å². The molecule has 158 valence electrons. The number of alkyl halides is 3. The second-order valence-electron chi connectivity index (χ2n) is 6.42. The first-order valence-corrected chi connectivity index (χ1v) is 9.26. The maximum Gasteiger partial charge on any atom is 0.416 e. The van der Waals surface area contributed by atoms with Gasteiger partial charge in [-0.05, 0) is 32.0 Å². The number of ether oxygens (including phenoxy) is 2. The van der Waals surface area contributed by atoms with Crippen molar-refractivity contribution in [2.45, 2.75) is 20.0 Å². The van der Waals surface area contributed by atoms with Crippen LogP contribution in [-0.2, 0) is 10.9 Å². The average Bonchev–Trinajstić information content (AvgIpc) is 3.15. The smallest absolute Gasteiger partial charge is 0.416 e. The highest BCUT2D eigenvalue weighted by Crippen LogP contribution is 2.30. The summed E-state index contributed by atoms with van der Waals surface area (Å²) in [5, 5.41) is 4.07. The standard InChI is InChI=1S/C21H20F3N3O3/c1-3-29-11-12-30-20-25-18(15-9-7-14(2)8-10-15)27(26-20)19(28)16-5-4-6-17(13-16)21(22,23)24/h4-10,13H,3,11-12H2,1-2H3. The van der Waals surface area contributed by atoms with Crippen LogP contribution in [0.4, 0.5) is 13.2 Å². The number of aromatic nitrogens is 3. The molecule has 0 saturated carbocycles. The zero-order chi connectivity index (χ0) is 21.7. The fourth-order valence-corrected chi connectivity index (χ4v) is 2.67. The Hall–Kier alpha value is -3.20. The zero-order valence-corrected chi connectivity index (χ0v) is 16.4. The Bertz CT molecular complexity index is 1010. The zero-order valence-electron chi connectivity index (χ0n) is 16.4. The largest absolute Gasteiger partial charge is 0.460 e. The van der Waals surface area contributed by atoms with Gasteiger partial charge in [0, 0.05) is 17.7 Å². The van der Waals surface area contributed by atoms with Crippen molar-refractivity contribution < 1.29 is 27.4 Å². The lowest BCUT2D eigenvalue weighted by Crippen LogP contribution is -2.17. The third-order valence-corrected chi connectivity index (χ3v) is 4.19. The van der Waals surface area contributed by atoms with Gasteiger partial charge in [0.2, 0.25) is 0 Å². The summed E-state index contributed by atoms with van der Waals surface area (Å²) in [6.45, 7) is 4.75. The normalized spacial score (nSPS) is 11.5. The molecule has 2 aromatic carbocycles. The van der Waals surface area contributed by atoms with Gasteiger partial charge in [0.1, 0.15) is 6.61 Å². The molecule has 3 aromatic rings. The molecule has 0 amide bonds. The minimum atomic E-state index is -4.56. The Labute approximate surface area is 171 Å². The fourth-order valence-electron chi connectivity index (χ4n) is 2.67. The maximum absolute atomic E-state index is 13.0. The third-order valence-electron chi connectivity index (χ3n) is 4.19. The van der Waals surface area contributed by atoms with E-state index in [0.717, 1.165) is 22.4 Å². The van der Waals surface area contributed by atoms with Gasteiger partial charge < -0.3 is 9.47 Å². The molecule has 0 fully saturated rings. The van der Waals surface area contributed by atoms with E-state index < -0.39 is 17.6 Å². The second kappa shape index (κ2) is 9.08. The Morgan fingerprint density at radius 1 is 1.10 bits per heavy atom. The predicted molar refractivity (Wildman–Crippen MR) is 103 cm³/mol. The quantitative estimate of drug-likeness (QED) is 0.532. The molecule has 0 unspecified atom stereocenters. The highest BCUT2D eigenvalue weighted by Gasteiger charge is 2.31. The molecule has 6 nitrogen and oxygen atoms in total. The van der Waals surface area contributed by atoms with Gasteiger partial charge in [-0.1, -0.05) is 35.9 Å². The van der Waals surface area contributed by atoms with E-state index >= 15 is 0 Å². The number of carbonyl (C=O) groups is 1. The van der Waals surface area contributed by atoms with Gasteiger partial charge in [-0.2, -0.15) is 22.8 Å². The van der Waals surface area contributed by atoms with Crippen LogP contribution in [0.3, 0.4) is 0 Å². The van der Waals surface area contributed by atoms with Crippen molar-refractivity contribution in [2.24, 2.45) is 0 Å². The first kappa shape index (κ1) is 21.5. The van der Waals surface area contributed by atoms with Crippen LogP contribution in [0.5, 0.6) is 6.01 Å². The molecule has 30 heavy (non-hydrogen) atoms. The number of benzene rings is 2. The molecule has 0 spiro atoms. The van der Waals surface area contributed by atoms with Crippen LogP contribution in [-0.4, -0.2) is 40.5 Å². The van der Waals surface area contributed by atoms with E-state index in [2.05, 4.69) is 10.1 Å². The Morgan fingerprint density at radius 3 is 2.50 bits per heavy atom. The number of hydrogen-bond acceptors (Lipinski definition) is 5. The van der Waals surface area contributed by atoms with Crippen molar-refractivity contribution >= 4 is 5.91 Å². The van der Waals surface area contributed by atoms with Gasteiger partial charge in [0.25, 0.3) is 5.91 Å². The number of rotatable bonds is 7. The summed E-state index contributed by atoms with van der Waals surface area (Å²) in [5.41, 5.74) is 0.498. The van der Waals surface area contributed by atoms with E-state index in [9.17, 15) is 18.0 Å². The Balaban J connectivity index is 1.98. The lowest BCUT2D eigenvalue weighted by atomic mass is 10.1. The second-order valence-corrected chi connectivity index (χ2v) is 6.42. The number of hydrogen-bond donors (Lipinski definition) is 0. The molecule has 0 aliphatic rings. The topological polar surface area (TPSA) is 66.2 Å². The van der Waals surface area contributed by atoms with Gasteiger partial charge in [0.05, 0.1) is 12.2 Å². The van der Waals surface area contributed by atoms with Crippen molar-refractivity contribution in [3.05, 3.63) is 65.2 Å². The molecule has 1 heterocycles. The van der Waals surface area contributed by atoms with Crippen LogP contribution in [0.2, 0.25) is 0 Å². The van der Waals surface area contributed by atoms with E-state index in [4.69, 9.17) is 9.47 Å². The molecule has 0 radical (unpaired) electrons. The minimum Gasteiger partial charge on any atom is -0.460 e. The SMILES string of the molecule is CCOCCOc1nc(-c2ccc(C)cc2)n(C(=O)c2cccc(C(F)(F)F)c2)n1. The summed E-state index contributed by atoms with van der Waals surface area (Å²) >= 11 is 0. The molecule has 9 heteroatoms. The lowest BCUT2D eigenvalue weighted by Gasteiger charge is -2.09. The van der Waals surface area contributed by atoms with E-state index in [-0.39, 0.29) is 24.0 Å². The first-order chi connectivity index (χ1) is 14.3. The van der Waals surface area contributed by atoms with Crippen LogP contribution in [0.15, 0.2) is 48.5 Å². The summed E-state index contributed by atoms with van der Waals surface area (Å²) < 4.78 is 50.7. The summed E-state index contributed by atoms with van der Waals surface area (Å²) in [6.07, 6.45) is -4.56. The van der Waals surface area contributed by atoms with Gasteiger partial charge >= 0.3 is 12.2 Å². The van der Waals surface area contributed by atoms with E-state index in [0.29, 0.717) is 18.8 Å². The molecule has 0 aliphatic heterocycles. The van der Waals surface area contributed by atoms with Crippen LogP contribution in [0.25, 0.3) is 11.4 Å². The van der Waals surface area contributed by atoms with Crippen molar-refractivity contribution in [3.8, 4) is 17.4 Å². The summed E-state index contributed by atoms with van der Waals surface area (Å²) in [6, 6.07) is 11.3. The molecule has 0 atom stereocenters. The highest BCUT2D eigenvalue weighted by atomic mass is 19.4. The van der Waals surface area contributed by atoms with Crippen LogP contribution >= 0.6 is 0 Å². The number of carbonyl (C=O) groups excluding carboxylic acids is 1. The Kier molecular flexibility index (Phi) is 6.51. The summed E-state index contributed by atoms with van der Waals surface area (Å²) in [4.78, 5) is 17.2. The number of aryl methyl sites for hydroxylation is 1. The number of halogens is 3. The van der Waals surface area contributed by atoms with Gasteiger partial charge in [-0.3, -0.25) is 4.79 Å². The van der Waals surface area contributed by atoms with Crippen molar-refractivity contribution in [3.63, 3.8) is 0 Å². The summed E-state index contributed by atoms with van der Waals surface area (Å²) in [5.74, 6) is -0.576. The summed E-state index contributed by atoms with van der Waals surface area (Å²) in [7, 11) is 0. The van der Waals surface area contributed by atoms with Crippen molar-refractivity contribution in [2.75, 3.05) is 19.8 Å². The predicted octanol–water partition coefficient (Wildman–Crippen LogP) is 4.38. The monoisotopic (exact) mass is 419 g/mol. The molecule has 0 bridgehead atoms. The van der Waals surface area contributed by atoms with Crippen molar-refractivity contribution in [1.29, 1.82) is 0 Å². The van der Waals surface area contributed by atoms with E-state index in [1.165, 1.54) is 12.1 Å². The minimum absolute atomic E-state index is 0.0643. The molecular weight excluding hydrogens is 399 g/mol. The van der Waals surface area contributed by atoms with Gasteiger partial charge in [-0.15, -0.1) is 5.10 Å².